The molecule has 0 heterocycles. The molecule has 0 aliphatic carbocycles. The number of hydrogen-bond donors (Lipinski definition) is 1. The van der Waals surface area contributed by atoms with E-state index in [0.29, 0.717) is 6.61 Å². The Hall–Kier alpha value is -0.0600. The summed E-state index contributed by atoms with van der Waals surface area (Å²) in [5.74, 6) is 0. The lowest BCUT2D eigenvalue weighted by Crippen LogP contribution is -2.07. The second-order valence-electron chi connectivity index (χ2n) is 2.54. The molecule has 2 nitrogen and oxygen atoms in total. The number of ether oxygens (including phenoxy) is 1. The van der Waals surface area contributed by atoms with Crippen molar-refractivity contribution in [2.45, 2.75) is 0 Å². The molecule has 0 bridgehead atoms. The lowest BCUT2D eigenvalue weighted by Gasteiger charge is -2.07. The molecule has 0 atom stereocenters. The molecule has 0 saturated carbocycles. The topological polar surface area (TPSA) is 21.3 Å². The molecule has 1 aromatic rings. The maximum absolute atomic E-state index is 4.94. The first-order chi connectivity index (χ1) is 6.24. The molecular formula is C9H11Br2NO. The van der Waals surface area contributed by atoms with Crippen molar-refractivity contribution < 1.29 is 4.74 Å². The monoisotopic (exact) mass is 307 g/mol. The molecule has 13 heavy (non-hydrogen) atoms. The minimum Gasteiger partial charge on any atom is -0.383 e. The maximum atomic E-state index is 4.94. The molecule has 0 amide bonds. The van der Waals surface area contributed by atoms with Crippen molar-refractivity contribution in [3.8, 4) is 0 Å². The lowest BCUT2D eigenvalue weighted by atomic mass is 10.3. The Morgan fingerprint density at radius 1 is 1.38 bits per heavy atom. The van der Waals surface area contributed by atoms with Crippen LogP contribution in [-0.4, -0.2) is 20.3 Å². The summed E-state index contributed by atoms with van der Waals surface area (Å²) in [7, 11) is 1.69. The van der Waals surface area contributed by atoms with E-state index < -0.39 is 0 Å². The smallest absolute Gasteiger partial charge is 0.0635 e. The van der Waals surface area contributed by atoms with E-state index >= 15 is 0 Å². The van der Waals surface area contributed by atoms with Crippen molar-refractivity contribution in [1.82, 2.24) is 0 Å². The van der Waals surface area contributed by atoms with E-state index in [1.54, 1.807) is 7.11 Å². The van der Waals surface area contributed by atoms with Crippen LogP contribution >= 0.6 is 31.9 Å². The molecule has 1 aromatic carbocycles. The van der Waals surface area contributed by atoms with Gasteiger partial charge in [0.05, 0.1) is 6.61 Å². The van der Waals surface area contributed by atoms with Gasteiger partial charge >= 0.3 is 0 Å². The van der Waals surface area contributed by atoms with Crippen LogP contribution in [0.15, 0.2) is 27.1 Å². The van der Waals surface area contributed by atoms with Crippen molar-refractivity contribution in [3.63, 3.8) is 0 Å². The zero-order chi connectivity index (χ0) is 9.68. The van der Waals surface area contributed by atoms with Crippen LogP contribution in [0.3, 0.4) is 0 Å². The normalized spacial score (nSPS) is 10.1. The summed E-state index contributed by atoms with van der Waals surface area (Å²) >= 11 is 6.87. The molecule has 4 heteroatoms. The van der Waals surface area contributed by atoms with E-state index in [0.717, 1.165) is 21.2 Å². The van der Waals surface area contributed by atoms with Crippen LogP contribution in [0, 0.1) is 0 Å². The molecule has 0 spiro atoms. The van der Waals surface area contributed by atoms with Crippen molar-refractivity contribution in [2.75, 3.05) is 25.6 Å². The fourth-order valence-electron chi connectivity index (χ4n) is 0.921. The van der Waals surface area contributed by atoms with Gasteiger partial charge in [0, 0.05) is 28.3 Å². The second kappa shape index (κ2) is 5.62. The third kappa shape index (κ3) is 3.67. The van der Waals surface area contributed by atoms with Gasteiger partial charge in [-0.25, -0.2) is 0 Å². The van der Waals surface area contributed by atoms with Gasteiger partial charge in [-0.15, -0.1) is 0 Å². The number of hydrogen-bond acceptors (Lipinski definition) is 2. The summed E-state index contributed by atoms with van der Waals surface area (Å²) in [6.45, 7) is 1.52. The first kappa shape index (κ1) is 11.0. The van der Waals surface area contributed by atoms with Gasteiger partial charge < -0.3 is 10.1 Å². The van der Waals surface area contributed by atoms with E-state index in [-0.39, 0.29) is 0 Å². The summed E-state index contributed by atoms with van der Waals surface area (Å²) in [6, 6.07) is 6.02. The summed E-state index contributed by atoms with van der Waals surface area (Å²) in [6.07, 6.45) is 0. The molecule has 0 aromatic heterocycles. The minimum atomic E-state index is 0.707. The number of rotatable bonds is 4. The molecule has 1 N–H and O–H groups in total. The zero-order valence-electron chi connectivity index (χ0n) is 7.31. The highest BCUT2D eigenvalue weighted by Gasteiger charge is 1.98. The molecule has 1 rings (SSSR count). The predicted octanol–water partition coefficient (Wildman–Crippen LogP) is 3.27. The van der Waals surface area contributed by atoms with Crippen LogP contribution in [0.1, 0.15) is 0 Å². The average Bonchev–Trinajstić information content (AvgIpc) is 2.11. The Bertz CT molecular complexity index is 278. The van der Waals surface area contributed by atoms with E-state index in [1.165, 1.54) is 0 Å². The van der Waals surface area contributed by atoms with E-state index in [4.69, 9.17) is 4.74 Å². The lowest BCUT2D eigenvalue weighted by molar-refractivity contribution is 0.211. The molecule has 0 fully saturated rings. The van der Waals surface area contributed by atoms with Gasteiger partial charge in [0.25, 0.3) is 0 Å². The standard InChI is InChI=1S/C9H11Br2NO/c1-13-5-4-12-9-6-7(10)2-3-8(9)11/h2-3,6,12H,4-5H2,1H3. The van der Waals surface area contributed by atoms with E-state index in [2.05, 4.69) is 37.2 Å². The Morgan fingerprint density at radius 2 is 2.15 bits per heavy atom. The molecule has 72 valence electrons. The SMILES string of the molecule is COCCNc1cc(Br)ccc1Br. The fourth-order valence-corrected chi connectivity index (χ4v) is 1.67. The summed E-state index contributed by atoms with van der Waals surface area (Å²) in [5.41, 5.74) is 1.08. The summed E-state index contributed by atoms with van der Waals surface area (Å²) in [4.78, 5) is 0. The minimum absolute atomic E-state index is 0.707. The quantitative estimate of drug-likeness (QED) is 0.862. The third-order valence-electron chi connectivity index (χ3n) is 1.55. The van der Waals surface area contributed by atoms with E-state index in [9.17, 15) is 0 Å². The van der Waals surface area contributed by atoms with Crippen LogP contribution in [0.25, 0.3) is 0 Å². The van der Waals surface area contributed by atoms with Crippen molar-refractivity contribution in [2.24, 2.45) is 0 Å². The summed E-state index contributed by atoms with van der Waals surface area (Å²) in [5, 5.41) is 3.25. The molecule has 0 aliphatic rings. The highest BCUT2D eigenvalue weighted by atomic mass is 79.9. The van der Waals surface area contributed by atoms with Gasteiger partial charge in [-0.05, 0) is 34.1 Å². The number of anilines is 1. The highest BCUT2D eigenvalue weighted by Crippen LogP contribution is 2.25. The number of benzene rings is 1. The van der Waals surface area contributed by atoms with Crippen LogP contribution in [-0.2, 0) is 4.74 Å². The van der Waals surface area contributed by atoms with Gasteiger partial charge in [0.15, 0.2) is 0 Å². The van der Waals surface area contributed by atoms with Gasteiger partial charge in [0.2, 0.25) is 0 Å². The first-order valence-electron chi connectivity index (χ1n) is 3.92. The van der Waals surface area contributed by atoms with Crippen LogP contribution in [0.5, 0.6) is 0 Å². The number of methoxy groups -OCH3 is 1. The number of nitrogens with one attached hydrogen (secondary N) is 1. The first-order valence-corrected chi connectivity index (χ1v) is 5.50. The molecule has 0 unspecified atom stereocenters. The van der Waals surface area contributed by atoms with Gasteiger partial charge in [0.1, 0.15) is 0 Å². The average molecular weight is 309 g/mol. The Morgan fingerprint density at radius 3 is 2.85 bits per heavy atom. The van der Waals surface area contributed by atoms with Crippen LogP contribution in [0.4, 0.5) is 5.69 Å². The summed E-state index contributed by atoms with van der Waals surface area (Å²) < 4.78 is 7.07. The molecule has 0 saturated heterocycles. The Balaban J connectivity index is 2.59. The third-order valence-corrected chi connectivity index (χ3v) is 2.73. The Kier molecular flexibility index (Phi) is 4.77. The van der Waals surface area contributed by atoms with Crippen molar-refractivity contribution in [1.29, 1.82) is 0 Å². The molecule has 0 radical (unpaired) electrons. The van der Waals surface area contributed by atoms with Crippen molar-refractivity contribution in [3.05, 3.63) is 27.1 Å². The van der Waals surface area contributed by atoms with Gasteiger partial charge in [-0.2, -0.15) is 0 Å². The Labute approximate surface area is 94.9 Å². The molecule has 0 aliphatic heterocycles. The molecular weight excluding hydrogens is 298 g/mol. The number of halogens is 2. The van der Waals surface area contributed by atoms with Crippen LogP contribution < -0.4 is 5.32 Å². The highest BCUT2D eigenvalue weighted by molar-refractivity contribution is 9.11. The predicted molar refractivity (Wildman–Crippen MR) is 62.2 cm³/mol. The van der Waals surface area contributed by atoms with Gasteiger partial charge in [-0.1, -0.05) is 15.9 Å². The largest absolute Gasteiger partial charge is 0.383 e. The second-order valence-corrected chi connectivity index (χ2v) is 4.31. The zero-order valence-corrected chi connectivity index (χ0v) is 10.5. The van der Waals surface area contributed by atoms with Gasteiger partial charge in [-0.3, -0.25) is 0 Å². The fraction of sp³-hybridized carbons (Fsp3) is 0.333. The van der Waals surface area contributed by atoms with E-state index in [1.807, 2.05) is 18.2 Å². The maximum Gasteiger partial charge on any atom is 0.0635 e. The van der Waals surface area contributed by atoms with Crippen LogP contribution in [0.2, 0.25) is 0 Å². The van der Waals surface area contributed by atoms with Crippen molar-refractivity contribution >= 4 is 37.5 Å².